The van der Waals surface area contributed by atoms with E-state index in [1.165, 1.54) is 12.2 Å². The van der Waals surface area contributed by atoms with Gasteiger partial charge in [-0.1, -0.05) is 6.92 Å². The summed E-state index contributed by atoms with van der Waals surface area (Å²) in [5.41, 5.74) is 0. The molecule has 1 atom stereocenters. The minimum absolute atomic E-state index is 0. The first kappa shape index (κ1) is 19.5. The summed E-state index contributed by atoms with van der Waals surface area (Å²) in [6.07, 6.45) is 7.01. The van der Waals surface area contributed by atoms with Gasteiger partial charge in [0.1, 0.15) is 12.7 Å². The number of guanidine groups is 1. The van der Waals surface area contributed by atoms with Crippen molar-refractivity contribution in [1.29, 1.82) is 0 Å². The number of rotatable bonds is 6. The molecule has 0 spiro atoms. The lowest BCUT2D eigenvalue weighted by Gasteiger charge is -2.34. The zero-order valence-corrected chi connectivity index (χ0v) is 16.6. The maximum Gasteiger partial charge on any atom is 0.193 e. The van der Waals surface area contributed by atoms with Crippen LogP contribution in [0.4, 0.5) is 0 Å². The number of aryl methyl sites for hydroxylation is 1. The molecule has 0 amide bonds. The average Bonchev–Trinajstić information content (AvgIpc) is 3.04. The van der Waals surface area contributed by atoms with Crippen molar-refractivity contribution in [2.24, 2.45) is 4.99 Å². The molecule has 1 N–H and O–H groups in total. The Balaban J connectivity index is 0.00000242. The van der Waals surface area contributed by atoms with Gasteiger partial charge in [0.25, 0.3) is 0 Å². The molecule has 1 fully saturated rings. The highest BCUT2D eigenvalue weighted by Gasteiger charge is 2.21. The van der Waals surface area contributed by atoms with Gasteiger partial charge in [0, 0.05) is 44.2 Å². The minimum atomic E-state index is 0. The molecule has 1 aromatic rings. The smallest absolute Gasteiger partial charge is 0.193 e. The first-order chi connectivity index (χ1) is 10.3. The van der Waals surface area contributed by atoms with Crippen molar-refractivity contribution in [3.63, 3.8) is 0 Å². The fourth-order valence-corrected chi connectivity index (χ4v) is 3.63. The molecule has 1 aliphatic rings. The first-order valence-electron chi connectivity index (χ1n) is 7.73. The molecule has 1 aromatic heterocycles. The Morgan fingerprint density at radius 1 is 1.36 bits per heavy atom. The Morgan fingerprint density at radius 2 is 2.14 bits per heavy atom. The molecular formula is C14H27IN6S. The number of hydrogen-bond acceptors (Lipinski definition) is 4. The SMILES string of the molecule is CCC1CN(C(=NC)NCCCCn2cnnc2)CCS1.I. The number of nitrogens with zero attached hydrogens (tertiary/aromatic N) is 5. The van der Waals surface area contributed by atoms with E-state index in [2.05, 4.69) is 44.1 Å². The van der Waals surface area contributed by atoms with Crippen LogP contribution in [0.1, 0.15) is 26.2 Å². The van der Waals surface area contributed by atoms with E-state index in [9.17, 15) is 0 Å². The fourth-order valence-electron chi connectivity index (χ4n) is 2.45. The summed E-state index contributed by atoms with van der Waals surface area (Å²) in [4.78, 5) is 6.82. The Kier molecular flexibility index (Phi) is 9.85. The van der Waals surface area contributed by atoms with Gasteiger partial charge in [-0.2, -0.15) is 11.8 Å². The number of hydrogen-bond donors (Lipinski definition) is 1. The second kappa shape index (κ2) is 11.1. The van der Waals surface area contributed by atoms with Crippen LogP contribution in [0.3, 0.4) is 0 Å². The summed E-state index contributed by atoms with van der Waals surface area (Å²) in [6.45, 7) is 6.42. The summed E-state index contributed by atoms with van der Waals surface area (Å²) in [5, 5.41) is 11.8. The van der Waals surface area contributed by atoms with Gasteiger partial charge in [0.05, 0.1) is 0 Å². The Bertz CT molecular complexity index is 425. The maximum atomic E-state index is 4.42. The molecule has 22 heavy (non-hydrogen) atoms. The standard InChI is InChI=1S/C14H26N6S.HI/c1-3-13-10-20(8-9-21-13)14(15-2)16-6-4-5-7-19-11-17-18-12-19;/h11-13H,3-10H2,1-2H3,(H,15,16);1H. The van der Waals surface area contributed by atoms with Crippen molar-refractivity contribution < 1.29 is 0 Å². The number of aliphatic imine (C=N–C) groups is 1. The molecule has 2 rings (SSSR count). The molecular weight excluding hydrogens is 411 g/mol. The van der Waals surface area contributed by atoms with Crippen LogP contribution in [0, 0.1) is 0 Å². The minimum Gasteiger partial charge on any atom is -0.356 e. The predicted octanol–water partition coefficient (Wildman–Crippen LogP) is 2.08. The molecule has 1 aliphatic heterocycles. The van der Waals surface area contributed by atoms with Crippen molar-refractivity contribution >= 4 is 41.7 Å². The summed E-state index contributed by atoms with van der Waals surface area (Å²) < 4.78 is 2.02. The maximum absolute atomic E-state index is 4.42. The van der Waals surface area contributed by atoms with Crippen LogP contribution in [0.5, 0.6) is 0 Å². The fraction of sp³-hybridized carbons (Fsp3) is 0.786. The van der Waals surface area contributed by atoms with E-state index in [-0.39, 0.29) is 24.0 Å². The van der Waals surface area contributed by atoms with Crippen LogP contribution in [-0.2, 0) is 6.54 Å². The molecule has 126 valence electrons. The van der Waals surface area contributed by atoms with Crippen molar-refractivity contribution in [3.05, 3.63) is 12.7 Å². The van der Waals surface area contributed by atoms with Crippen LogP contribution in [-0.4, -0.2) is 63.3 Å². The topological polar surface area (TPSA) is 58.3 Å². The molecule has 0 saturated carbocycles. The van der Waals surface area contributed by atoms with Crippen LogP contribution in [0.15, 0.2) is 17.6 Å². The largest absolute Gasteiger partial charge is 0.356 e. The second-order valence-electron chi connectivity index (χ2n) is 5.23. The highest BCUT2D eigenvalue weighted by atomic mass is 127. The monoisotopic (exact) mass is 438 g/mol. The van der Waals surface area contributed by atoms with Crippen LogP contribution in [0.25, 0.3) is 0 Å². The third-order valence-corrected chi connectivity index (χ3v) is 5.07. The lowest BCUT2D eigenvalue weighted by atomic mass is 10.3. The zero-order chi connectivity index (χ0) is 14.9. The van der Waals surface area contributed by atoms with Crippen molar-refractivity contribution in [3.8, 4) is 0 Å². The third-order valence-electron chi connectivity index (χ3n) is 3.70. The second-order valence-corrected chi connectivity index (χ2v) is 6.64. The molecule has 6 nitrogen and oxygen atoms in total. The molecule has 0 bridgehead atoms. The Morgan fingerprint density at radius 3 is 2.82 bits per heavy atom. The lowest BCUT2D eigenvalue weighted by Crippen LogP contribution is -2.48. The Hall–Kier alpha value is -0.510. The van der Waals surface area contributed by atoms with Gasteiger partial charge in [-0.25, -0.2) is 0 Å². The van der Waals surface area contributed by atoms with Crippen molar-refractivity contribution in [2.45, 2.75) is 38.0 Å². The van der Waals surface area contributed by atoms with E-state index in [4.69, 9.17) is 0 Å². The van der Waals surface area contributed by atoms with E-state index >= 15 is 0 Å². The number of unbranched alkanes of at least 4 members (excludes halogenated alkanes) is 1. The summed E-state index contributed by atoms with van der Waals surface area (Å²) in [7, 11) is 1.88. The van der Waals surface area contributed by atoms with E-state index in [1.807, 2.05) is 11.6 Å². The summed E-state index contributed by atoms with van der Waals surface area (Å²) >= 11 is 2.09. The van der Waals surface area contributed by atoms with Crippen LogP contribution in [0.2, 0.25) is 0 Å². The molecule has 2 heterocycles. The molecule has 0 radical (unpaired) electrons. The molecule has 1 unspecified atom stereocenters. The van der Waals surface area contributed by atoms with Gasteiger partial charge in [-0.3, -0.25) is 4.99 Å². The summed E-state index contributed by atoms with van der Waals surface area (Å²) in [5.74, 6) is 2.25. The van der Waals surface area contributed by atoms with Crippen LogP contribution >= 0.6 is 35.7 Å². The Labute approximate surface area is 154 Å². The van der Waals surface area contributed by atoms with E-state index in [0.29, 0.717) is 0 Å². The van der Waals surface area contributed by atoms with Gasteiger partial charge in [0.15, 0.2) is 5.96 Å². The predicted molar refractivity (Wildman–Crippen MR) is 104 cm³/mol. The number of thioether (sulfide) groups is 1. The third kappa shape index (κ3) is 6.31. The van der Waals surface area contributed by atoms with Gasteiger partial charge >= 0.3 is 0 Å². The van der Waals surface area contributed by atoms with Crippen molar-refractivity contribution in [2.75, 3.05) is 32.4 Å². The molecule has 0 aromatic carbocycles. The first-order valence-corrected chi connectivity index (χ1v) is 8.78. The number of halogens is 1. The lowest BCUT2D eigenvalue weighted by molar-refractivity contribution is 0.407. The normalized spacial score (nSPS) is 18.9. The van der Waals surface area contributed by atoms with E-state index in [0.717, 1.165) is 50.2 Å². The number of aromatic nitrogens is 3. The van der Waals surface area contributed by atoms with Crippen molar-refractivity contribution in [1.82, 2.24) is 25.0 Å². The zero-order valence-electron chi connectivity index (χ0n) is 13.4. The van der Waals surface area contributed by atoms with E-state index < -0.39 is 0 Å². The molecule has 1 saturated heterocycles. The molecule has 0 aliphatic carbocycles. The highest BCUT2D eigenvalue weighted by molar-refractivity contribution is 14.0. The van der Waals surface area contributed by atoms with Gasteiger partial charge in [-0.15, -0.1) is 34.2 Å². The van der Waals surface area contributed by atoms with Crippen LogP contribution < -0.4 is 5.32 Å². The highest BCUT2D eigenvalue weighted by Crippen LogP contribution is 2.20. The summed E-state index contributed by atoms with van der Waals surface area (Å²) in [6, 6.07) is 0. The van der Waals surface area contributed by atoms with Gasteiger partial charge in [-0.05, 0) is 19.3 Å². The average molecular weight is 438 g/mol. The van der Waals surface area contributed by atoms with Gasteiger partial charge < -0.3 is 14.8 Å². The quantitative estimate of drug-likeness (QED) is 0.319. The molecule has 8 heteroatoms. The number of nitrogens with one attached hydrogen (secondary N) is 1. The van der Waals surface area contributed by atoms with Gasteiger partial charge in [0.2, 0.25) is 0 Å². The van der Waals surface area contributed by atoms with E-state index in [1.54, 1.807) is 12.7 Å².